The molecular formula is C23H20F3N5O3. The summed E-state index contributed by atoms with van der Waals surface area (Å²) in [6.45, 7) is 0.0129. The van der Waals surface area contributed by atoms with Gasteiger partial charge in [0.2, 0.25) is 11.7 Å². The number of rotatable bonds is 7. The van der Waals surface area contributed by atoms with Gasteiger partial charge in [-0.1, -0.05) is 5.16 Å². The Morgan fingerprint density at radius 2 is 1.79 bits per heavy atom. The monoisotopic (exact) mass is 471 g/mol. The summed E-state index contributed by atoms with van der Waals surface area (Å²) < 4.78 is 47.8. The summed E-state index contributed by atoms with van der Waals surface area (Å²) in [6.07, 6.45) is -3.06. The maximum Gasteiger partial charge on any atom is 0.573 e. The molecule has 176 valence electrons. The van der Waals surface area contributed by atoms with E-state index in [0.29, 0.717) is 16.9 Å². The minimum Gasteiger partial charge on any atom is -0.406 e. The van der Waals surface area contributed by atoms with Gasteiger partial charge >= 0.3 is 6.36 Å². The number of anilines is 2. The van der Waals surface area contributed by atoms with Crippen LogP contribution < -0.4 is 15.0 Å². The Bertz CT molecular complexity index is 1260. The van der Waals surface area contributed by atoms with Crippen LogP contribution in [0.3, 0.4) is 0 Å². The van der Waals surface area contributed by atoms with Crippen molar-refractivity contribution in [2.24, 2.45) is 0 Å². The quantitative estimate of drug-likeness (QED) is 0.417. The van der Waals surface area contributed by atoms with Crippen molar-refractivity contribution in [3.63, 3.8) is 0 Å². The number of carbonyl (C=O) groups is 1. The molecule has 0 aliphatic rings. The molecule has 0 unspecified atom stereocenters. The van der Waals surface area contributed by atoms with Gasteiger partial charge in [0, 0.05) is 37.2 Å². The summed E-state index contributed by atoms with van der Waals surface area (Å²) in [7, 11) is 3.86. The molecular weight excluding hydrogens is 451 g/mol. The third-order valence-electron chi connectivity index (χ3n) is 4.80. The average molecular weight is 471 g/mol. The highest BCUT2D eigenvalue weighted by molar-refractivity contribution is 5.91. The van der Waals surface area contributed by atoms with Gasteiger partial charge < -0.3 is 24.0 Å². The molecule has 0 spiro atoms. The topological polar surface area (TPSA) is 85.4 Å². The van der Waals surface area contributed by atoms with Crippen molar-refractivity contribution in [1.82, 2.24) is 14.7 Å². The van der Waals surface area contributed by atoms with Gasteiger partial charge in [-0.2, -0.15) is 4.98 Å². The summed E-state index contributed by atoms with van der Waals surface area (Å²) in [6, 6.07) is 16.0. The molecule has 0 saturated heterocycles. The first-order chi connectivity index (χ1) is 16.2. The van der Waals surface area contributed by atoms with Gasteiger partial charge in [-0.15, -0.1) is 13.2 Å². The second-order valence-corrected chi connectivity index (χ2v) is 7.51. The van der Waals surface area contributed by atoms with Crippen LogP contribution in [0, 0.1) is 0 Å². The molecule has 0 atom stereocenters. The van der Waals surface area contributed by atoms with E-state index in [0.717, 1.165) is 17.8 Å². The number of nitrogens with zero attached hydrogens (tertiary/aromatic N) is 4. The zero-order valence-electron chi connectivity index (χ0n) is 18.2. The summed E-state index contributed by atoms with van der Waals surface area (Å²) in [5, 5.41) is 6.73. The first-order valence-corrected chi connectivity index (χ1v) is 10.1. The molecule has 0 fully saturated rings. The maximum atomic E-state index is 12.5. The van der Waals surface area contributed by atoms with Crippen LogP contribution in [-0.2, 0) is 11.3 Å². The third-order valence-corrected chi connectivity index (χ3v) is 4.80. The van der Waals surface area contributed by atoms with E-state index < -0.39 is 6.36 Å². The number of amides is 1. The maximum absolute atomic E-state index is 12.5. The van der Waals surface area contributed by atoms with Crippen LogP contribution in [0.2, 0.25) is 0 Å². The van der Waals surface area contributed by atoms with Gasteiger partial charge in [-0.3, -0.25) is 4.79 Å². The molecule has 11 heteroatoms. The second kappa shape index (κ2) is 9.30. The lowest BCUT2D eigenvalue weighted by molar-refractivity contribution is -0.274. The molecule has 8 nitrogen and oxygen atoms in total. The highest BCUT2D eigenvalue weighted by Crippen LogP contribution is 2.27. The van der Waals surface area contributed by atoms with Crippen LogP contribution in [0.25, 0.3) is 23.0 Å². The predicted octanol–water partition coefficient (Wildman–Crippen LogP) is 4.81. The van der Waals surface area contributed by atoms with Crippen molar-refractivity contribution >= 4 is 17.3 Å². The highest BCUT2D eigenvalue weighted by atomic mass is 19.4. The van der Waals surface area contributed by atoms with Crippen LogP contribution in [0.4, 0.5) is 24.5 Å². The van der Waals surface area contributed by atoms with Crippen molar-refractivity contribution in [3.8, 4) is 28.7 Å². The molecule has 0 bridgehead atoms. The van der Waals surface area contributed by atoms with Crippen molar-refractivity contribution in [2.75, 3.05) is 24.3 Å². The van der Waals surface area contributed by atoms with E-state index in [4.69, 9.17) is 4.52 Å². The molecule has 4 aromatic rings. The number of nitrogens with one attached hydrogen (secondary N) is 1. The SMILES string of the molecule is CN(C)c1ccc(NC(=O)Cn2cccc2-c2nc(-c3ccc(OC(F)(F)F)cc3)no2)cc1. The van der Waals surface area contributed by atoms with E-state index in [1.807, 2.05) is 43.3 Å². The number of benzene rings is 2. The molecule has 0 saturated carbocycles. The van der Waals surface area contributed by atoms with Gasteiger partial charge in [-0.05, 0) is 60.7 Å². The van der Waals surface area contributed by atoms with Gasteiger partial charge in [0.25, 0.3) is 5.89 Å². The highest BCUT2D eigenvalue weighted by Gasteiger charge is 2.31. The summed E-state index contributed by atoms with van der Waals surface area (Å²) in [5.41, 5.74) is 2.65. The van der Waals surface area contributed by atoms with Crippen molar-refractivity contribution in [2.45, 2.75) is 12.9 Å². The number of aromatic nitrogens is 3. The molecule has 0 radical (unpaired) electrons. The van der Waals surface area contributed by atoms with Gasteiger partial charge in [-0.25, -0.2) is 0 Å². The molecule has 2 aromatic heterocycles. The normalized spacial score (nSPS) is 11.3. The van der Waals surface area contributed by atoms with Gasteiger partial charge in [0.05, 0.1) is 0 Å². The first kappa shape index (κ1) is 22.9. The van der Waals surface area contributed by atoms with Crippen molar-refractivity contribution < 1.29 is 27.2 Å². The van der Waals surface area contributed by atoms with E-state index in [9.17, 15) is 18.0 Å². The molecule has 1 N–H and O–H groups in total. The van der Waals surface area contributed by atoms with Crippen molar-refractivity contribution in [3.05, 3.63) is 66.9 Å². The molecule has 0 aliphatic heterocycles. The van der Waals surface area contributed by atoms with Crippen LogP contribution >= 0.6 is 0 Å². The lowest BCUT2D eigenvalue weighted by Gasteiger charge is -2.13. The Kier molecular flexibility index (Phi) is 6.26. The molecule has 1 amide bonds. The molecule has 0 aliphatic carbocycles. The fourth-order valence-corrected chi connectivity index (χ4v) is 3.19. The van der Waals surface area contributed by atoms with E-state index in [1.165, 1.54) is 12.1 Å². The third kappa shape index (κ3) is 5.55. The number of hydrogen-bond acceptors (Lipinski definition) is 6. The first-order valence-electron chi connectivity index (χ1n) is 10.1. The molecule has 4 rings (SSSR count). The number of halogens is 3. The van der Waals surface area contributed by atoms with E-state index in [1.54, 1.807) is 22.9 Å². The van der Waals surface area contributed by atoms with Crippen LogP contribution in [-0.4, -0.2) is 41.1 Å². The minimum absolute atomic E-state index is 0.0129. The number of hydrogen-bond donors (Lipinski definition) is 1. The molecule has 2 aromatic carbocycles. The zero-order valence-corrected chi connectivity index (χ0v) is 18.2. The lowest BCUT2D eigenvalue weighted by Crippen LogP contribution is -2.19. The largest absolute Gasteiger partial charge is 0.573 e. The standard InChI is InChI=1S/C23H20F3N5O3/c1-30(2)17-9-7-16(8-10-17)27-20(32)14-31-13-3-4-19(31)22-28-21(29-34-22)15-5-11-18(12-6-15)33-23(24,25)26/h3-13H,14H2,1-2H3,(H,27,32). The summed E-state index contributed by atoms with van der Waals surface area (Å²) in [4.78, 5) is 18.8. The number of alkyl halides is 3. The van der Waals surface area contributed by atoms with Crippen LogP contribution in [0.15, 0.2) is 71.4 Å². The van der Waals surface area contributed by atoms with Gasteiger partial charge in [0.1, 0.15) is 18.0 Å². The minimum atomic E-state index is -4.77. The smallest absolute Gasteiger partial charge is 0.406 e. The van der Waals surface area contributed by atoms with Gasteiger partial charge in [0.15, 0.2) is 0 Å². The molecule has 2 heterocycles. The van der Waals surface area contributed by atoms with Crippen LogP contribution in [0.1, 0.15) is 0 Å². The lowest BCUT2D eigenvalue weighted by atomic mass is 10.2. The molecule has 34 heavy (non-hydrogen) atoms. The number of carbonyl (C=O) groups excluding carboxylic acids is 1. The van der Waals surface area contributed by atoms with E-state index in [-0.39, 0.29) is 29.9 Å². The Hall–Kier alpha value is -4.28. The Morgan fingerprint density at radius 3 is 2.44 bits per heavy atom. The predicted molar refractivity (Wildman–Crippen MR) is 119 cm³/mol. The fourth-order valence-electron chi connectivity index (χ4n) is 3.19. The summed E-state index contributed by atoms with van der Waals surface area (Å²) in [5.74, 6) is -0.239. The van der Waals surface area contributed by atoms with E-state index in [2.05, 4.69) is 20.2 Å². The number of ether oxygens (including phenoxy) is 1. The second-order valence-electron chi connectivity index (χ2n) is 7.51. The zero-order chi connectivity index (χ0) is 24.3. The Balaban J connectivity index is 1.44. The van der Waals surface area contributed by atoms with E-state index >= 15 is 0 Å². The Labute approximate surface area is 192 Å². The Morgan fingerprint density at radius 1 is 1.09 bits per heavy atom. The van der Waals surface area contributed by atoms with Crippen LogP contribution in [0.5, 0.6) is 5.75 Å². The average Bonchev–Trinajstić information content (AvgIpc) is 3.43. The van der Waals surface area contributed by atoms with Crippen molar-refractivity contribution in [1.29, 1.82) is 0 Å². The summed E-state index contributed by atoms with van der Waals surface area (Å²) >= 11 is 0. The fraction of sp³-hybridized carbons (Fsp3) is 0.174.